The van der Waals surface area contributed by atoms with Crippen LogP contribution in [0.3, 0.4) is 0 Å². The quantitative estimate of drug-likeness (QED) is 0.668. The summed E-state index contributed by atoms with van der Waals surface area (Å²) in [6, 6.07) is 5.32. The molecule has 0 spiro atoms. The maximum absolute atomic E-state index is 11.9. The lowest BCUT2D eigenvalue weighted by Gasteiger charge is -2.17. The van der Waals surface area contributed by atoms with E-state index in [9.17, 15) is 9.36 Å². The van der Waals surface area contributed by atoms with Crippen molar-refractivity contribution in [2.75, 3.05) is 7.11 Å². The van der Waals surface area contributed by atoms with Crippen molar-refractivity contribution in [3.05, 3.63) is 29.3 Å². The van der Waals surface area contributed by atoms with E-state index in [0.717, 1.165) is 0 Å². The van der Waals surface area contributed by atoms with E-state index in [0.29, 0.717) is 5.02 Å². The number of halogens is 2. The third-order valence-corrected chi connectivity index (χ3v) is 3.83. The molecule has 0 saturated carbocycles. The molecule has 0 aliphatic carbocycles. The standard InChI is InChI=1S/C10H12Cl2NO4P/c1-7(10(14)16-2)13-18(12,15)17-9-5-3-8(11)4-6-9/h3-7H,1-2H3,(H,13,15)/t7-,18?/m0/s1. The highest BCUT2D eigenvalue weighted by atomic mass is 35.7. The Morgan fingerprint density at radius 2 is 1.94 bits per heavy atom. The van der Waals surface area contributed by atoms with Crippen LogP contribution in [0.15, 0.2) is 24.3 Å². The lowest BCUT2D eigenvalue weighted by atomic mass is 10.3. The van der Waals surface area contributed by atoms with Crippen LogP contribution in [-0.4, -0.2) is 19.1 Å². The first kappa shape index (κ1) is 15.3. The first-order valence-corrected chi connectivity index (χ1v) is 7.85. The first-order chi connectivity index (χ1) is 8.34. The molecule has 2 atom stereocenters. The fourth-order valence-corrected chi connectivity index (χ4v) is 2.94. The SMILES string of the molecule is COC(=O)[C@H](C)NP(=O)(Cl)Oc1ccc(Cl)cc1. The number of rotatable bonds is 5. The van der Waals surface area contributed by atoms with E-state index >= 15 is 0 Å². The normalized spacial score (nSPS) is 15.6. The second kappa shape index (κ2) is 6.43. The van der Waals surface area contributed by atoms with E-state index in [1.54, 1.807) is 12.1 Å². The van der Waals surface area contributed by atoms with Gasteiger partial charge in [0.1, 0.15) is 11.8 Å². The van der Waals surface area contributed by atoms with Gasteiger partial charge in [0.05, 0.1) is 7.11 Å². The Labute approximate surface area is 115 Å². The Hall–Kier alpha value is -0.740. The van der Waals surface area contributed by atoms with Crippen LogP contribution in [0, 0.1) is 0 Å². The topological polar surface area (TPSA) is 64.6 Å². The molecule has 100 valence electrons. The van der Waals surface area contributed by atoms with Gasteiger partial charge in [0.2, 0.25) is 0 Å². The van der Waals surface area contributed by atoms with Gasteiger partial charge in [-0.15, -0.1) is 0 Å². The number of benzene rings is 1. The molecule has 5 nitrogen and oxygen atoms in total. The van der Waals surface area contributed by atoms with Crippen LogP contribution in [0.2, 0.25) is 5.02 Å². The number of carbonyl (C=O) groups excluding carboxylic acids is 1. The molecule has 0 radical (unpaired) electrons. The van der Waals surface area contributed by atoms with Crippen molar-refractivity contribution in [1.82, 2.24) is 5.09 Å². The second-order valence-electron chi connectivity index (χ2n) is 3.40. The molecule has 0 fully saturated rings. The van der Waals surface area contributed by atoms with Crippen molar-refractivity contribution in [1.29, 1.82) is 0 Å². The monoisotopic (exact) mass is 311 g/mol. The molecule has 0 aliphatic heterocycles. The molecule has 0 amide bonds. The zero-order valence-electron chi connectivity index (χ0n) is 9.72. The van der Waals surface area contributed by atoms with Crippen LogP contribution in [0.4, 0.5) is 0 Å². The number of methoxy groups -OCH3 is 1. The zero-order chi connectivity index (χ0) is 13.8. The minimum absolute atomic E-state index is 0.280. The number of esters is 1. The molecule has 0 aromatic heterocycles. The second-order valence-corrected chi connectivity index (χ2v) is 6.57. The highest BCUT2D eigenvalue weighted by molar-refractivity contribution is 7.84. The molecule has 0 saturated heterocycles. The van der Waals surface area contributed by atoms with E-state index in [1.807, 2.05) is 0 Å². The molecule has 8 heteroatoms. The summed E-state index contributed by atoms with van der Waals surface area (Å²) < 4.78 is 21.4. The fourth-order valence-electron chi connectivity index (χ4n) is 1.12. The molecule has 0 bridgehead atoms. The van der Waals surface area contributed by atoms with Crippen LogP contribution >= 0.6 is 29.7 Å². The largest absolute Gasteiger partial charge is 0.468 e. The van der Waals surface area contributed by atoms with Crippen LogP contribution < -0.4 is 9.61 Å². The van der Waals surface area contributed by atoms with Gasteiger partial charge >= 0.3 is 12.8 Å². The van der Waals surface area contributed by atoms with Gasteiger partial charge < -0.3 is 9.26 Å². The van der Waals surface area contributed by atoms with Gasteiger partial charge in [0.25, 0.3) is 0 Å². The van der Waals surface area contributed by atoms with Gasteiger partial charge in [-0.25, -0.2) is 9.65 Å². The average Bonchev–Trinajstić information content (AvgIpc) is 2.30. The summed E-state index contributed by atoms with van der Waals surface area (Å²) in [7, 11) is 1.22. The van der Waals surface area contributed by atoms with Gasteiger partial charge in [0, 0.05) is 16.3 Å². The summed E-state index contributed by atoms with van der Waals surface area (Å²) >= 11 is 11.4. The predicted octanol–water partition coefficient (Wildman–Crippen LogP) is 3.22. The molecule has 18 heavy (non-hydrogen) atoms. The van der Waals surface area contributed by atoms with Gasteiger partial charge in [-0.05, 0) is 31.2 Å². The van der Waals surface area contributed by atoms with Crippen molar-refractivity contribution >= 4 is 35.7 Å². The molecular formula is C10H12Cl2NO4P. The van der Waals surface area contributed by atoms with Gasteiger partial charge in [-0.3, -0.25) is 4.79 Å². The highest BCUT2D eigenvalue weighted by Crippen LogP contribution is 2.48. The van der Waals surface area contributed by atoms with Crippen molar-refractivity contribution in [3.8, 4) is 5.75 Å². The van der Waals surface area contributed by atoms with Crippen LogP contribution in [0.1, 0.15) is 6.92 Å². The zero-order valence-corrected chi connectivity index (χ0v) is 12.1. The number of carbonyl (C=O) groups is 1. The van der Waals surface area contributed by atoms with Crippen molar-refractivity contribution in [3.63, 3.8) is 0 Å². The van der Waals surface area contributed by atoms with E-state index in [1.165, 1.54) is 26.2 Å². The van der Waals surface area contributed by atoms with E-state index in [-0.39, 0.29) is 5.75 Å². The lowest BCUT2D eigenvalue weighted by molar-refractivity contribution is -0.142. The molecular weight excluding hydrogens is 300 g/mol. The van der Waals surface area contributed by atoms with Crippen LogP contribution in [0.25, 0.3) is 0 Å². The van der Waals surface area contributed by atoms with Crippen LogP contribution in [-0.2, 0) is 14.1 Å². The van der Waals surface area contributed by atoms with Gasteiger partial charge in [-0.1, -0.05) is 11.6 Å². The molecule has 1 unspecified atom stereocenters. The van der Waals surface area contributed by atoms with Crippen molar-refractivity contribution in [2.24, 2.45) is 0 Å². The highest BCUT2D eigenvalue weighted by Gasteiger charge is 2.27. The molecule has 1 aromatic rings. The van der Waals surface area contributed by atoms with Gasteiger partial charge in [-0.2, -0.15) is 0 Å². The Balaban J connectivity index is 2.67. The Morgan fingerprint density at radius 3 is 2.44 bits per heavy atom. The van der Waals surface area contributed by atoms with Crippen molar-refractivity contribution < 1.29 is 18.6 Å². The fraction of sp³-hybridized carbons (Fsp3) is 0.300. The Kier molecular flexibility index (Phi) is 5.47. The van der Waals surface area contributed by atoms with E-state index in [4.69, 9.17) is 27.4 Å². The summed E-state index contributed by atoms with van der Waals surface area (Å²) in [5, 5.41) is 2.88. The summed E-state index contributed by atoms with van der Waals surface area (Å²) in [6.07, 6.45) is 0. The van der Waals surface area contributed by atoms with Gasteiger partial charge in [0.15, 0.2) is 0 Å². The third kappa shape index (κ3) is 4.86. The summed E-state index contributed by atoms with van der Waals surface area (Å²) in [5.41, 5.74) is 0. The maximum Gasteiger partial charge on any atom is 0.409 e. The smallest absolute Gasteiger partial charge is 0.409 e. The Bertz CT molecular complexity index is 465. The van der Waals surface area contributed by atoms with Crippen LogP contribution in [0.5, 0.6) is 5.75 Å². The number of hydrogen-bond acceptors (Lipinski definition) is 4. The van der Waals surface area contributed by atoms with E-state index < -0.39 is 18.9 Å². The summed E-state index contributed by atoms with van der Waals surface area (Å²) in [6.45, 7) is -2.21. The number of hydrogen-bond donors (Lipinski definition) is 1. The predicted molar refractivity (Wildman–Crippen MR) is 70.2 cm³/mol. The van der Waals surface area contributed by atoms with Crippen molar-refractivity contribution in [2.45, 2.75) is 13.0 Å². The van der Waals surface area contributed by atoms with E-state index in [2.05, 4.69) is 9.82 Å². The molecule has 1 aromatic carbocycles. The summed E-state index contributed by atoms with van der Waals surface area (Å²) in [5.74, 6) is -0.308. The summed E-state index contributed by atoms with van der Waals surface area (Å²) in [4.78, 5) is 11.1. The molecule has 0 heterocycles. The molecule has 1 rings (SSSR count). The minimum atomic E-state index is -3.67. The number of nitrogens with one attached hydrogen (secondary N) is 1. The minimum Gasteiger partial charge on any atom is -0.468 e. The lowest BCUT2D eigenvalue weighted by Crippen LogP contribution is -2.32. The number of ether oxygens (including phenoxy) is 1. The molecule has 0 aliphatic rings. The third-order valence-electron chi connectivity index (χ3n) is 1.94. The average molecular weight is 312 g/mol. The molecule has 1 N–H and O–H groups in total. The Morgan fingerprint density at radius 1 is 1.39 bits per heavy atom. The maximum atomic E-state index is 11.9. The first-order valence-electron chi connectivity index (χ1n) is 4.94.